The van der Waals surface area contributed by atoms with E-state index in [1.165, 1.54) is 16.8 Å². The van der Waals surface area contributed by atoms with Crippen molar-refractivity contribution in [2.24, 2.45) is 0 Å². The SMILES string of the molecule is CC(C)Oc1ncccc1NCc1cccc2c1NCC2. The predicted octanol–water partition coefficient (Wildman–Crippen LogP) is 3.45. The molecule has 4 nitrogen and oxygen atoms in total. The molecule has 0 saturated heterocycles. The zero-order valence-corrected chi connectivity index (χ0v) is 12.5. The number of ether oxygens (including phenoxy) is 1. The fraction of sp³-hybridized carbons (Fsp3) is 0.353. The minimum Gasteiger partial charge on any atom is -0.473 e. The number of rotatable bonds is 5. The summed E-state index contributed by atoms with van der Waals surface area (Å²) in [5.41, 5.74) is 4.89. The van der Waals surface area contributed by atoms with E-state index in [4.69, 9.17) is 4.74 Å². The van der Waals surface area contributed by atoms with Crippen molar-refractivity contribution < 1.29 is 4.74 Å². The van der Waals surface area contributed by atoms with Crippen LogP contribution in [0.3, 0.4) is 0 Å². The highest BCUT2D eigenvalue weighted by molar-refractivity contribution is 5.62. The van der Waals surface area contributed by atoms with Gasteiger partial charge in [0.1, 0.15) is 0 Å². The summed E-state index contributed by atoms with van der Waals surface area (Å²) in [4.78, 5) is 4.30. The topological polar surface area (TPSA) is 46.2 Å². The number of fused-ring (bicyclic) bond motifs is 1. The van der Waals surface area contributed by atoms with E-state index in [2.05, 4.69) is 33.8 Å². The highest BCUT2D eigenvalue weighted by atomic mass is 16.5. The summed E-state index contributed by atoms with van der Waals surface area (Å²) in [5, 5.41) is 6.90. The first kappa shape index (κ1) is 13.7. The molecule has 2 heterocycles. The second-order valence-corrected chi connectivity index (χ2v) is 5.50. The van der Waals surface area contributed by atoms with Gasteiger partial charge in [-0.2, -0.15) is 0 Å². The second kappa shape index (κ2) is 6.04. The van der Waals surface area contributed by atoms with Gasteiger partial charge in [0.15, 0.2) is 0 Å². The molecule has 2 aromatic rings. The average Bonchev–Trinajstić information content (AvgIpc) is 2.95. The molecule has 1 aliphatic rings. The zero-order valence-electron chi connectivity index (χ0n) is 12.5. The fourth-order valence-electron chi connectivity index (χ4n) is 2.59. The number of pyridine rings is 1. The van der Waals surface area contributed by atoms with Crippen LogP contribution in [0.2, 0.25) is 0 Å². The number of para-hydroxylation sites is 1. The summed E-state index contributed by atoms with van der Waals surface area (Å²) in [6.45, 7) is 5.80. The lowest BCUT2D eigenvalue weighted by molar-refractivity contribution is 0.234. The summed E-state index contributed by atoms with van der Waals surface area (Å²) in [6.07, 6.45) is 2.98. The van der Waals surface area contributed by atoms with Gasteiger partial charge in [0.25, 0.3) is 0 Å². The van der Waals surface area contributed by atoms with Gasteiger partial charge in [-0.1, -0.05) is 18.2 Å². The molecular formula is C17H21N3O. The second-order valence-electron chi connectivity index (χ2n) is 5.50. The molecule has 0 amide bonds. The quantitative estimate of drug-likeness (QED) is 0.882. The van der Waals surface area contributed by atoms with E-state index in [1.807, 2.05) is 26.0 Å². The first-order chi connectivity index (χ1) is 10.2. The van der Waals surface area contributed by atoms with Crippen LogP contribution in [0.1, 0.15) is 25.0 Å². The van der Waals surface area contributed by atoms with Crippen molar-refractivity contribution in [1.82, 2.24) is 4.98 Å². The van der Waals surface area contributed by atoms with E-state index >= 15 is 0 Å². The maximum Gasteiger partial charge on any atom is 0.237 e. The van der Waals surface area contributed by atoms with Gasteiger partial charge >= 0.3 is 0 Å². The molecule has 1 aliphatic heterocycles. The van der Waals surface area contributed by atoms with Gasteiger partial charge < -0.3 is 15.4 Å². The van der Waals surface area contributed by atoms with Gasteiger partial charge in [-0.15, -0.1) is 0 Å². The van der Waals surface area contributed by atoms with Gasteiger partial charge in [-0.05, 0) is 43.5 Å². The Morgan fingerprint density at radius 3 is 3.05 bits per heavy atom. The van der Waals surface area contributed by atoms with Crippen LogP contribution in [-0.4, -0.2) is 17.6 Å². The highest BCUT2D eigenvalue weighted by Gasteiger charge is 2.14. The number of nitrogens with zero attached hydrogens (tertiary/aromatic N) is 1. The minimum absolute atomic E-state index is 0.114. The molecule has 0 aliphatic carbocycles. The van der Waals surface area contributed by atoms with Crippen LogP contribution in [0.15, 0.2) is 36.5 Å². The Hall–Kier alpha value is -2.23. The molecule has 3 rings (SSSR count). The van der Waals surface area contributed by atoms with Crippen LogP contribution in [0.5, 0.6) is 5.88 Å². The van der Waals surface area contributed by atoms with Crippen LogP contribution in [0, 0.1) is 0 Å². The van der Waals surface area contributed by atoms with Gasteiger partial charge in [0.2, 0.25) is 5.88 Å². The number of aromatic nitrogens is 1. The lowest BCUT2D eigenvalue weighted by Gasteiger charge is -2.15. The Morgan fingerprint density at radius 2 is 2.19 bits per heavy atom. The fourth-order valence-corrected chi connectivity index (χ4v) is 2.59. The molecule has 0 bridgehead atoms. The Kier molecular flexibility index (Phi) is 3.95. The molecule has 1 aromatic carbocycles. The molecule has 21 heavy (non-hydrogen) atoms. The molecule has 2 N–H and O–H groups in total. The number of benzene rings is 1. The van der Waals surface area contributed by atoms with Gasteiger partial charge in [-0.25, -0.2) is 4.98 Å². The molecule has 0 unspecified atom stereocenters. The highest BCUT2D eigenvalue weighted by Crippen LogP contribution is 2.28. The maximum absolute atomic E-state index is 5.74. The lowest BCUT2D eigenvalue weighted by atomic mass is 10.1. The van der Waals surface area contributed by atoms with Crippen molar-refractivity contribution in [2.75, 3.05) is 17.2 Å². The van der Waals surface area contributed by atoms with Gasteiger partial charge in [-0.3, -0.25) is 0 Å². The van der Waals surface area contributed by atoms with Crippen LogP contribution in [0.25, 0.3) is 0 Å². The average molecular weight is 283 g/mol. The molecule has 110 valence electrons. The predicted molar refractivity (Wildman–Crippen MR) is 86.0 cm³/mol. The summed E-state index contributed by atoms with van der Waals surface area (Å²) in [5.74, 6) is 0.660. The molecule has 0 fully saturated rings. The monoisotopic (exact) mass is 283 g/mol. The third kappa shape index (κ3) is 3.10. The first-order valence-electron chi connectivity index (χ1n) is 7.44. The van der Waals surface area contributed by atoms with E-state index in [1.54, 1.807) is 6.20 Å². The lowest BCUT2D eigenvalue weighted by Crippen LogP contribution is -2.10. The van der Waals surface area contributed by atoms with Crippen molar-refractivity contribution in [2.45, 2.75) is 32.9 Å². The van der Waals surface area contributed by atoms with Crippen molar-refractivity contribution in [1.29, 1.82) is 0 Å². The summed E-state index contributed by atoms with van der Waals surface area (Å²) in [6, 6.07) is 10.4. The standard InChI is InChI=1S/C17H21N3O/c1-12(2)21-17-15(7-4-9-19-17)20-11-14-6-3-5-13-8-10-18-16(13)14/h3-7,9,12,18,20H,8,10-11H2,1-2H3. The summed E-state index contributed by atoms with van der Waals surface area (Å²) >= 11 is 0. The Labute approximate surface area is 125 Å². The summed E-state index contributed by atoms with van der Waals surface area (Å²) < 4.78 is 5.74. The minimum atomic E-state index is 0.114. The van der Waals surface area contributed by atoms with E-state index in [9.17, 15) is 0 Å². The van der Waals surface area contributed by atoms with Crippen LogP contribution < -0.4 is 15.4 Å². The van der Waals surface area contributed by atoms with Crippen LogP contribution >= 0.6 is 0 Å². The van der Waals surface area contributed by atoms with Gasteiger partial charge in [0.05, 0.1) is 11.8 Å². The molecule has 1 aromatic heterocycles. The van der Waals surface area contributed by atoms with E-state index < -0.39 is 0 Å². The Balaban J connectivity index is 1.75. The third-order valence-electron chi connectivity index (χ3n) is 3.52. The number of hydrogen-bond donors (Lipinski definition) is 2. The van der Waals surface area contributed by atoms with E-state index in [0.717, 1.165) is 25.2 Å². The largest absolute Gasteiger partial charge is 0.473 e. The van der Waals surface area contributed by atoms with Crippen molar-refractivity contribution >= 4 is 11.4 Å². The van der Waals surface area contributed by atoms with Crippen LogP contribution in [0.4, 0.5) is 11.4 Å². The van der Waals surface area contributed by atoms with Gasteiger partial charge in [0, 0.05) is 25.0 Å². The Morgan fingerprint density at radius 1 is 1.29 bits per heavy atom. The molecule has 0 radical (unpaired) electrons. The normalized spacial score (nSPS) is 12.9. The smallest absolute Gasteiger partial charge is 0.237 e. The maximum atomic E-state index is 5.74. The first-order valence-corrected chi connectivity index (χ1v) is 7.44. The molecule has 0 saturated carbocycles. The molecule has 0 atom stereocenters. The summed E-state index contributed by atoms with van der Waals surface area (Å²) in [7, 11) is 0. The van der Waals surface area contributed by atoms with Crippen LogP contribution in [-0.2, 0) is 13.0 Å². The molecule has 4 heteroatoms. The third-order valence-corrected chi connectivity index (χ3v) is 3.52. The molecular weight excluding hydrogens is 262 g/mol. The van der Waals surface area contributed by atoms with Crippen molar-refractivity contribution in [3.05, 3.63) is 47.7 Å². The number of hydrogen-bond acceptors (Lipinski definition) is 4. The van der Waals surface area contributed by atoms with E-state index in [-0.39, 0.29) is 6.10 Å². The molecule has 0 spiro atoms. The van der Waals surface area contributed by atoms with Crippen molar-refractivity contribution in [3.63, 3.8) is 0 Å². The Bertz CT molecular complexity index is 625. The van der Waals surface area contributed by atoms with E-state index in [0.29, 0.717) is 5.88 Å². The number of nitrogens with one attached hydrogen (secondary N) is 2. The van der Waals surface area contributed by atoms with Crippen molar-refractivity contribution in [3.8, 4) is 5.88 Å². The number of anilines is 2. The zero-order chi connectivity index (χ0) is 14.7.